The van der Waals surface area contributed by atoms with Gasteiger partial charge in [0.05, 0.1) is 5.52 Å². The highest BCUT2D eigenvalue weighted by molar-refractivity contribution is 9.10. The van der Waals surface area contributed by atoms with Gasteiger partial charge in [-0.1, -0.05) is 22.9 Å². The first kappa shape index (κ1) is 11.3. The SMILES string of the molecule is CCCc1nc(NN)c2ccc(Br)cc2n1. The zero-order valence-electron chi connectivity index (χ0n) is 9.00. The second-order valence-electron chi connectivity index (χ2n) is 3.54. The van der Waals surface area contributed by atoms with Crippen LogP contribution in [-0.2, 0) is 6.42 Å². The Kier molecular flexibility index (Phi) is 3.36. The average Bonchev–Trinajstić information content (AvgIpc) is 2.27. The molecule has 0 saturated heterocycles. The molecule has 4 nitrogen and oxygen atoms in total. The lowest BCUT2D eigenvalue weighted by Crippen LogP contribution is -2.11. The minimum Gasteiger partial charge on any atom is -0.308 e. The smallest absolute Gasteiger partial charge is 0.151 e. The van der Waals surface area contributed by atoms with Crippen molar-refractivity contribution in [1.29, 1.82) is 0 Å². The molecule has 0 bridgehead atoms. The molecule has 0 saturated carbocycles. The molecule has 1 aromatic heterocycles. The predicted molar refractivity (Wildman–Crippen MR) is 69.0 cm³/mol. The monoisotopic (exact) mass is 280 g/mol. The van der Waals surface area contributed by atoms with E-state index >= 15 is 0 Å². The molecule has 1 heterocycles. The number of hydrogen-bond donors (Lipinski definition) is 2. The van der Waals surface area contributed by atoms with Gasteiger partial charge in [0.2, 0.25) is 0 Å². The molecule has 0 aliphatic carbocycles. The van der Waals surface area contributed by atoms with Crippen LogP contribution in [-0.4, -0.2) is 9.97 Å². The lowest BCUT2D eigenvalue weighted by atomic mass is 10.2. The van der Waals surface area contributed by atoms with Crippen LogP contribution in [0.25, 0.3) is 10.9 Å². The Bertz CT molecular complexity index is 513. The van der Waals surface area contributed by atoms with Crippen LogP contribution in [0.1, 0.15) is 19.2 Å². The molecule has 0 aliphatic rings. The highest BCUT2D eigenvalue weighted by Gasteiger charge is 2.06. The van der Waals surface area contributed by atoms with Crippen molar-refractivity contribution >= 4 is 32.7 Å². The molecule has 0 amide bonds. The number of halogens is 1. The number of fused-ring (bicyclic) bond motifs is 1. The highest BCUT2D eigenvalue weighted by Crippen LogP contribution is 2.23. The molecule has 16 heavy (non-hydrogen) atoms. The van der Waals surface area contributed by atoms with Gasteiger partial charge >= 0.3 is 0 Å². The summed E-state index contributed by atoms with van der Waals surface area (Å²) >= 11 is 3.43. The average molecular weight is 281 g/mol. The Labute approximate surface area is 102 Å². The molecule has 3 N–H and O–H groups in total. The zero-order valence-corrected chi connectivity index (χ0v) is 10.6. The highest BCUT2D eigenvalue weighted by atomic mass is 79.9. The van der Waals surface area contributed by atoms with E-state index in [1.807, 2.05) is 18.2 Å². The van der Waals surface area contributed by atoms with Crippen LogP contribution in [0.3, 0.4) is 0 Å². The van der Waals surface area contributed by atoms with Crippen LogP contribution < -0.4 is 11.3 Å². The molecule has 2 rings (SSSR count). The second-order valence-corrected chi connectivity index (χ2v) is 4.46. The van der Waals surface area contributed by atoms with E-state index in [2.05, 4.69) is 38.2 Å². The first-order valence-corrected chi connectivity index (χ1v) is 5.96. The Morgan fingerprint density at radius 2 is 2.19 bits per heavy atom. The van der Waals surface area contributed by atoms with Crippen LogP contribution in [0.4, 0.5) is 5.82 Å². The lowest BCUT2D eigenvalue weighted by Gasteiger charge is -2.07. The van der Waals surface area contributed by atoms with E-state index in [0.717, 1.165) is 34.0 Å². The normalized spacial score (nSPS) is 10.7. The third-order valence-electron chi connectivity index (χ3n) is 2.32. The van der Waals surface area contributed by atoms with Crippen molar-refractivity contribution in [3.05, 3.63) is 28.5 Å². The Morgan fingerprint density at radius 1 is 1.38 bits per heavy atom. The Morgan fingerprint density at radius 3 is 2.88 bits per heavy atom. The Hall–Kier alpha value is -1.20. The van der Waals surface area contributed by atoms with Gasteiger partial charge in [0, 0.05) is 16.3 Å². The molecule has 0 aliphatic heterocycles. The summed E-state index contributed by atoms with van der Waals surface area (Å²) in [5.74, 6) is 6.97. The van der Waals surface area contributed by atoms with E-state index in [4.69, 9.17) is 5.84 Å². The second kappa shape index (κ2) is 4.76. The number of hydrazine groups is 1. The van der Waals surface area contributed by atoms with E-state index in [0.29, 0.717) is 5.82 Å². The van der Waals surface area contributed by atoms with Crippen molar-refractivity contribution in [2.45, 2.75) is 19.8 Å². The number of aryl methyl sites for hydroxylation is 1. The predicted octanol–water partition coefficient (Wildman–Crippen LogP) is 2.63. The van der Waals surface area contributed by atoms with E-state index in [1.54, 1.807) is 0 Å². The summed E-state index contributed by atoms with van der Waals surface area (Å²) < 4.78 is 1.00. The molecular formula is C11H13BrN4. The van der Waals surface area contributed by atoms with Crippen molar-refractivity contribution < 1.29 is 0 Å². The van der Waals surface area contributed by atoms with Gasteiger partial charge < -0.3 is 5.43 Å². The maximum atomic E-state index is 5.47. The Balaban J connectivity index is 2.63. The minimum absolute atomic E-state index is 0.681. The number of benzene rings is 1. The van der Waals surface area contributed by atoms with Crippen molar-refractivity contribution in [2.75, 3.05) is 5.43 Å². The van der Waals surface area contributed by atoms with Gasteiger partial charge in [-0.05, 0) is 24.6 Å². The van der Waals surface area contributed by atoms with Crippen LogP contribution in [0.15, 0.2) is 22.7 Å². The summed E-state index contributed by atoms with van der Waals surface area (Å²) in [6.45, 7) is 2.10. The number of rotatable bonds is 3. The summed E-state index contributed by atoms with van der Waals surface area (Å²) in [5.41, 5.74) is 3.53. The number of nitrogen functional groups attached to an aromatic ring is 1. The maximum Gasteiger partial charge on any atom is 0.151 e. The quantitative estimate of drug-likeness (QED) is 0.670. The molecule has 84 valence electrons. The number of anilines is 1. The van der Waals surface area contributed by atoms with Crippen molar-refractivity contribution in [3.63, 3.8) is 0 Å². The first-order chi connectivity index (χ1) is 7.74. The van der Waals surface area contributed by atoms with Crippen molar-refractivity contribution in [3.8, 4) is 0 Å². The number of nitrogens with two attached hydrogens (primary N) is 1. The van der Waals surface area contributed by atoms with Crippen molar-refractivity contribution in [1.82, 2.24) is 9.97 Å². The molecule has 0 spiro atoms. The number of aromatic nitrogens is 2. The largest absolute Gasteiger partial charge is 0.308 e. The van der Waals surface area contributed by atoms with Gasteiger partial charge in [0.15, 0.2) is 5.82 Å². The molecule has 2 aromatic rings. The molecule has 1 aromatic carbocycles. The van der Waals surface area contributed by atoms with E-state index in [1.165, 1.54) is 0 Å². The van der Waals surface area contributed by atoms with Crippen LogP contribution in [0.2, 0.25) is 0 Å². The summed E-state index contributed by atoms with van der Waals surface area (Å²) in [6, 6.07) is 5.87. The first-order valence-electron chi connectivity index (χ1n) is 5.17. The fourth-order valence-electron chi connectivity index (χ4n) is 1.60. The summed E-state index contributed by atoms with van der Waals surface area (Å²) in [5, 5.41) is 0.936. The minimum atomic E-state index is 0.681. The van der Waals surface area contributed by atoms with E-state index in [9.17, 15) is 0 Å². The van der Waals surface area contributed by atoms with Gasteiger partial charge in [-0.25, -0.2) is 15.8 Å². The standard InChI is InChI=1S/C11H13BrN4/c1-2-3-10-14-9-6-7(12)4-5-8(9)11(15-10)16-13/h4-6H,2-3,13H2,1H3,(H,14,15,16). The molecule has 0 unspecified atom stereocenters. The number of hydrogen-bond acceptors (Lipinski definition) is 4. The molecular weight excluding hydrogens is 268 g/mol. The third-order valence-corrected chi connectivity index (χ3v) is 2.81. The topological polar surface area (TPSA) is 63.8 Å². The van der Waals surface area contributed by atoms with Crippen LogP contribution in [0, 0.1) is 0 Å². The fraction of sp³-hybridized carbons (Fsp3) is 0.273. The fourth-order valence-corrected chi connectivity index (χ4v) is 1.95. The summed E-state index contributed by atoms with van der Waals surface area (Å²) in [6.07, 6.45) is 1.88. The van der Waals surface area contributed by atoms with Gasteiger partial charge in [-0.15, -0.1) is 0 Å². The number of nitrogens with zero attached hydrogens (tertiary/aromatic N) is 2. The summed E-state index contributed by atoms with van der Waals surface area (Å²) in [4.78, 5) is 8.87. The van der Waals surface area contributed by atoms with Gasteiger partial charge in [-0.3, -0.25) is 0 Å². The number of nitrogens with one attached hydrogen (secondary N) is 1. The zero-order chi connectivity index (χ0) is 11.5. The third kappa shape index (κ3) is 2.15. The maximum absolute atomic E-state index is 5.47. The molecule has 5 heteroatoms. The van der Waals surface area contributed by atoms with Crippen LogP contribution >= 0.6 is 15.9 Å². The summed E-state index contributed by atoms with van der Waals surface area (Å²) in [7, 11) is 0. The molecule has 0 atom stereocenters. The lowest BCUT2D eigenvalue weighted by molar-refractivity contribution is 0.844. The van der Waals surface area contributed by atoms with Gasteiger partial charge in [0.25, 0.3) is 0 Å². The van der Waals surface area contributed by atoms with E-state index < -0.39 is 0 Å². The molecule has 0 radical (unpaired) electrons. The molecule has 0 fully saturated rings. The van der Waals surface area contributed by atoms with Crippen molar-refractivity contribution in [2.24, 2.45) is 5.84 Å². The van der Waals surface area contributed by atoms with E-state index in [-0.39, 0.29) is 0 Å². The van der Waals surface area contributed by atoms with Gasteiger partial charge in [-0.2, -0.15) is 0 Å². The van der Waals surface area contributed by atoms with Gasteiger partial charge in [0.1, 0.15) is 5.82 Å². The van der Waals surface area contributed by atoms with Crippen LogP contribution in [0.5, 0.6) is 0 Å².